The summed E-state index contributed by atoms with van der Waals surface area (Å²) < 4.78 is 12.8. The predicted molar refractivity (Wildman–Crippen MR) is 46.6 cm³/mol. The lowest BCUT2D eigenvalue weighted by Gasteiger charge is -2.07. The van der Waals surface area contributed by atoms with E-state index in [1.807, 2.05) is 0 Å². The van der Waals surface area contributed by atoms with E-state index in [2.05, 4.69) is 0 Å². The largest absolute Gasteiger partial charge is 0.389 e. The lowest BCUT2D eigenvalue weighted by Crippen LogP contribution is -1.93. The van der Waals surface area contributed by atoms with E-state index < -0.39 is 12.3 Å². The number of benzene rings is 1. The molecule has 66 valence electrons. The molecule has 0 saturated heterocycles. The maximum absolute atomic E-state index is 12.8. The Morgan fingerprint density at radius 1 is 1.25 bits per heavy atom. The quantitative estimate of drug-likeness (QED) is 0.719. The summed E-state index contributed by atoms with van der Waals surface area (Å²) in [6.45, 7) is 3.16. The van der Waals surface area contributed by atoms with Crippen molar-refractivity contribution in [2.45, 2.75) is 26.1 Å². The SMILES string of the molecule is CC(O)c1cccc(C(C)F)c1. The molecule has 0 aromatic heterocycles. The summed E-state index contributed by atoms with van der Waals surface area (Å²) in [5, 5.41) is 9.21. The highest BCUT2D eigenvalue weighted by Gasteiger charge is 2.05. The Balaban J connectivity index is 2.96. The molecule has 0 aliphatic carbocycles. The fourth-order valence-electron chi connectivity index (χ4n) is 1.07. The third-order valence-corrected chi connectivity index (χ3v) is 1.85. The Bertz CT molecular complexity index is 233. The van der Waals surface area contributed by atoms with Gasteiger partial charge in [-0.2, -0.15) is 0 Å². The average molecular weight is 168 g/mol. The Kier molecular flexibility index (Phi) is 2.82. The zero-order valence-electron chi connectivity index (χ0n) is 7.29. The summed E-state index contributed by atoms with van der Waals surface area (Å²) in [6, 6.07) is 6.95. The molecule has 1 N–H and O–H groups in total. The molecule has 2 atom stereocenters. The summed E-state index contributed by atoms with van der Waals surface area (Å²) in [4.78, 5) is 0. The van der Waals surface area contributed by atoms with Gasteiger partial charge in [-0.1, -0.05) is 24.3 Å². The normalized spacial score (nSPS) is 15.7. The monoisotopic (exact) mass is 168 g/mol. The highest BCUT2D eigenvalue weighted by Crippen LogP contribution is 2.20. The van der Waals surface area contributed by atoms with Gasteiger partial charge in [-0.05, 0) is 25.0 Å². The smallest absolute Gasteiger partial charge is 0.122 e. The van der Waals surface area contributed by atoms with E-state index in [-0.39, 0.29) is 0 Å². The molecule has 0 heterocycles. The zero-order chi connectivity index (χ0) is 9.14. The van der Waals surface area contributed by atoms with Crippen LogP contribution >= 0.6 is 0 Å². The standard InChI is InChI=1S/C10H13FO/c1-7(11)9-4-3-5-10(6-9)8(2)12/h3-8,12H,1-2H3. The number of alkyl halides is 1. The van der Waals surface area contributed by atoms with Crippen LogP contribution in [0.15, 0.2) is 24.3 Å². The number of hydrogen-bond acceptors (Lipinski definition) is 1. The van der Waals surface area contributed by atoms with Crippen molar-refractivity contribution < 1.29 is 9.50 Å². The summed E-state index contributed by atoms with van der Waals surface area (Å²) in [5.74, 6) is 0. The molecule has 1 nitrogen and oxygen atoms in total. The van der Waals surface area contributed by atoms with Crippen molar-refractivity contribution in [3.63, 3.8) is 0 Å². The lowest BCUT2D eigenvalue weighted by atomic mass is 10.1. The van der Waals surface area contributed by atoms with Crippen LogP contribution in [0.25, 0.3) is 0 Å². The second-order valence-corrected chi connectivity index (χ2v) is 2.96. The zero-order valence-corrected chi connectivity index (χ0v) is 7.29. The van der Waals surface area contributed by atoms with Crippen molar-refractivity contribution in [3.8, 4) is 0 Å². The molecular formula is C10H13FO. The predicted octanol–water partition coefficient (Wildman–Crippen LogP) is 2.77. The average Bonchev–Trinajstić information content (AvgIpc) is 2.04. The van der Waals surface area contributed by atoms with Crippen molar-refractivity contribution in [1.82, 2.24) is 0 Å². The molecular weight excluding hydrogens is 155 g/mol. The van der Waals surface area contributed by atoms with Crippen LogP contribution in [0.1, 0.15) is 37.3 Å². The second kappa shape index (κ2) is 3.68. The Hall–Kier alpha value is -0.890. The van der Waals surface area contributed by atoms with Crippen LogP contribution < -0.4 is 0 Å². The van der Waals surface area contributed by atoms with E-state index in [9.17, 15) is 9.50 Å². The molecule has 1 rings (SSSR count). The highest BCUT2D eigenvalue weighted by atomic mass is 19.1. The lowest BCUT2D eigenvalue weighted by molar-refractivity contribution is 0.199. The summed E-state index contributed by atoms with van der Waals surface area (Å²) in [6.07, 6.45) is -1.49. The molecule has 0 amide bonds. The molecule has 1 aromatic rings. The van der Waals surface area contributed by atoms with Gasteiger partial charge in [-0.3, -0.25) is 0 Å². The van der Waals surface area contributed by atoms with Crippen molar-refractivity contribution in [2.75, 3.05) is 0 Å². The van der Waals surface area contributed by atoms with Crippen LogP contribution in [0.5, 0.6) is 0 Å². The maximum atomic E-state index is 12.8. The van der Waals surface area contributed by atoms with Crippen molar-refractivity contribution in [1.29, 1.82) is 0 Å². The van der Waals surface area contributed by atoms with Gasteiger partial charge in [-0.25, -0.2) is 4.39 Å². The summed E-state index contributed by atoms with van der Waals surface area (Å²) in [7, 11) is 0. The minimum absolute atomic E-state index is 0.524. The third kappa shape index (κ3) is 2.05. The fourth-order valence-corrected chi connectivity index (χ4v) is 1.07. The van der Waals surface area contributed by atoms with Crippen LogP contribution in [-0.4, -0.2) is 5.11 Å². The minimum Gasteiger partial charge on any atom is -0.389 e. The molecule has 12 heavy (non-hydrogen) atoms. The van der Waals surface area contributed by atoms with Crippen LogP contribution in [0, 0.1) is 0 Å². The van der Waals surface area contributed by atoms with Gasteiger partial charge in [0.05, 0.1) is 6.10 Å². The number of aliphatic hydroxyl groups excluding tert-OH is 1. The molecule has 0 spiro atoms. The first kappa shape index (κ1) is 9.20. The van der Waals surface area contributed by atoms with Gasteiger partial charge in [0.2, 0.25) is 0 Å². The fraction of sp³-hybridized carbons (Fsp3) is 0.400. The maximum Gasteiger partial charge on any atom is 0.122 e. The van der Waals surface area contributed by atoms with Crippen molar-refractivity contribution >= 4 is 0 Å². The number of hydrogen-bond donors (Lipinski definition) is 1. The molecule has 2 heteroatoms. The Morgan fingerprint density at radius 3 is 2.33 bits per heavy atom. The first-order valence-electron chi connectivity index (χ1n) is 4.03. The Labute approximate surface area is 71.9 Å². The molecule has 2 unspecified atom stereocenters. The van der Waals surface area contributed by atoms with Crippen LogP contribution in [0.3, 0.4) is 0 Å². The van der Waals surface area contributed by atoms with E-state index in [1.165, 1.54) is 6.92 Å². The van der Waals surface area contributed by atoms with Crippen LogP contribution in [0.2, 0.25) is 0 Å². The van der Waals surface area contributed by atoms with Gasteiger partial charge in [0.15, 0.2) is 0 Å². The van der Waals surface area contributed by atoms with Gasteiger partial charge in [0.1, 0.15) is 6.17 Å². The molecule has 0 saturated carbocycles. The summed E-state index contributed by atoms with van der Waals surface area (Å²) in [5.41, 5.74) is 1.38. The van der Waals surface area contributed by atoms with E-state index in [1.54, 1.807) is 31.2 Å². The second-order valence-electron chi connectivity index (χ2n) is 2.96. The number of rotatable bonds is 2. The van der Waals surface area contributed by atoms with E-state index >= 15 is 0 Å². The first-order valence-corrected chi connectivity index (χ1v) is 4.03. The number of aliphatic hydroxyl groups is 1. The van der Waals surface area contributed by atoms with Crippen LogP contribution in [-0.2, 0) is 0 Å². The van der Waals surface area contributed by atoms with Crippen molar-refractivity contribution in [2.24, 2.45) is 0 Å². The molecule has 0 aliphatic rings. The molecule has 0 fully saturated rings. The van der Waals surface area contributed by atoms with Crippen LogP contribution in [0.4, 0.5) is 4.39 Å². The molecule has 1 aromatic carbocycles. The molecule has 0 radical (unpaired) electrons. The topological polar surface area (TPSA) is 20.2 Å². The number of halogens is 1. The van der Waals surface area contributed by atoms with E-state index in [0.717, 1.165) is 5.56 Å². The van der Waals surface area contributed by atoms with Gasteiger partial charge in [-0.15, -0.1) is 0 Å². The first-order chi connectivity index (χ1) is 5.61. The molecule has 0 aliphatic heterocycles. The van der Waals surface area contributed by atoms with Crippen molar-refractivity contribution in [3.05, 3.63) is 35.4 Å². The Morgan fingerprint density at radius 2 is 1.83 bits per heavy atom. The van der Waals surface area contributed by atoms with Gasteiger partial charge >= 0.3 is 0 Å². The highest BCUT2D eigenvalue weighted by molar-refractivity contribution is 5.26. The van der Waals surface area contributed by atoms with E-state index in [4.69, 9.17) is 0 Å². The minimum atomic E-state index is -0.969. The summed E-state index contributed by atoms with van der Waals surface area (Å²) >= 11 is 0. The van der Waals surface area contributed by atoms with Gasteiger partial charge in [0, 0.05) is 0 Å². The van der Waals surface area contributed by atoms with Gasteiger partial charge in [0.25, 0.3) is 0 Å². The molecule has 0 bridgehead atoms. The van der Waals surface area contributed by atoms with Gasteiger partial charge < -0.3 is 5.11 Å². The third-order valence-electron chi connectivity index (χ3n) is 1.85. The van der Waals surface area contributed by atoms with E-state index in [0.29, 0.717) is 5.56 Å².